The summed E-state index contributed by atoms with van der Waals surface area (Å²) in [5, 5.41) is 0. The zero-order chi connectivity index (χ0) is 12.2. The molecule has 1 aromatic rings. The van der Waals surface area contributed by atoms with Crippen LogP contribution in [0.25, 0.3) is 0 Å². The van der Waals surface area contributed by atoms with Gasteiger partial charge in [-0.2, -0.15) is 0 Å². The second-order valence-electron chi connectivity index (χ2n) is 4.36. The van der Waals surface area contributed by atoms with E-state index in [1.54, 1.807) is 38.1 Å². The molecule has 0 heterocycles. The lowest BCUT2D eigenvalue weighted by Gasteiger charge is -2.15. The van der Waals surface area contributed by atoms with E-state index in [9.17, 15) is 13.2 Å². The molecule has 0 saturated heterocycles. The Morgan fingerprint density at radius 1 is 1.19 bits per heavy atom. The van der Waals surface area contributed by atoms with Crippen LogP contribution in [0.2, 0.25) is 0 Å². The molecule has 0 unspecified atom stereocenters. The normalized spacial score (nSPS) is 11.7. The van der Waals surface area contributed by atoms with Crippen molar-refractivity contribution in [2.75, 3.05) is 0 Å². The molecule has 0 aliphatic rings. The van der Waals surface area contributed by atoms with E-state index in [4.69, 9.17) is 0 Å². The van der Waals surface area contributed by atoms with E-state index in [0.717, 1.165) is 0 Å². The zero-order valence-electron chi connectivity index (χ0n) is 9.47. The molecule has 0 saturated carbocycles. The minimum Gasteiger partial charge on any atom is -0.294 e. The highest BCUT2D eigenvalue weighted by Gasteiger charge is 2.22. The molecule has 0 spiro atoms. The number of Topliss-reactive ketones (excluding diaryl/α,β-unsaturated/α-hetero) is 1. The largest absolute Gasteiger partial charge is 0.294 e. The lowest BCUT2D eigenvalue weighted by molar-refractivity contribution is 0.0977. The Morgan fingerprint density at radius 3 is 2.25 bits per heavy atom. The summed E-state index contributed by atoms with van der Waals surface area (Å²) < 4.78 is 21.0. The van der Waals surface area contributed by atoms with E-state index < -0.39 is 15.5 Å². The van der Waals surface area contributed by atoms with Gasteiger partial charge in [-0.15, -0.1) is 0 Å². The maximum atomic E-state index is 11.7. The molecule has 88 valence electrons. The van der Waals surface area contributed by atoms with Crippen LogP contribution in [0, 0.1) is 0 Å². The first-order valence-electron chi connectivity index (χ1n) is 5.16. The number of rotatable bonds is 5. The van der Waals surface area contributed by atoms with Crippen LogP contribution in [-0.4, -0.2) is 18.9 Å². The summed E-state index contributed by atoms with van der Waals surface area (Å²) in [6, 6.07) is 8.92. The quantitative estimate of drug-likeness (QED) is 0.633. The molecule has 1 aromatic carbocycles. The topological polar surface area (TPSA) is 51.2 Å². The fourth-order valence-electron chi connectivity index (χ4n) is 1.28. The third-order valence-electron chi connectivity index (χ3n) is 2.55. The number of carbonyl (C=O) groups excluding carboxylic acids is 1. The van der Waals surface area contributed by atoms with Gasteiger partial charge in [-0.3, -0.25) is 4.79 Å². The monoisotopic (exact) mass is 240 g/mol. The van der Waals surface area contributed by atoms with Crippen LogP contribution in [0.1, 0.15) is 37.0 Å². The summed E-state index contributed by atoms with van der Waals surface area (Å²) in [6.07, 6.45) is 0.625. The number of carbonyl (C=O) groups is 1. The number of benzene rings is 1. The van der Waals surface area contributed by atoms with Gasteiger partial charge in [0.1, 0.15) is 10.7 Å². The summed E-state index contributed by atoms with van der Waals surface area (Å²) >= 11 is 0. The first-order valence-corrected chi connectivity index (χ1v) is 6.34. The second-order valence-corrected chi connectivity index (χ2v) is 6.08. The van der Waals surface area contributed by atoms with Crippen LogP contribution in [-0.2, 0) is 10.7 Å². The van der Waals surface area contributed by atoms with Gasteiger partial charge in [-0.1, -0.05) is 30.3 Å². The highest BCUT2D eigenvalue weighted by molar-refractivity contribution is 7.74. The summed E-state index contributed by atoms with van der Waals surface area (Å²) in [5.41, 5.74) is 0.638. The Bertz CT molecular complexity index is 425. The molecule has 0 atom stereocenters. The minimum absolute atomic E-state index is 0.00877. The molecule has 0 N–H and O–H groups in total. The van der Waals surface area contributed by atoms with Crippen molar-refractivity contribution in [3.8, 4) is 0 Å². The van der Waals surface area contributed by atoms with Gasteiger partial charge in [0.05, 0.1) is 4.75 Å². The van der Waals surface area contributed by atoms with E-state index in [-0.39, 0.29) is 12.2 Å². The predicted molar refractivity (Wildman–Crippen MR) is 64.4 cm³/mol. The predicted octanol–water partition coefficient (Wildman–Crippen LogP) is 2.04. The fraction of sp³-hybridized carbons (Fsp3) is 0.417. The van der Waals surface area contributed by atoms with Crippen molar-refractivity contribution in [2.24, 2.45) is 0 Å². The fourth-order valence-corrected chi connectivity index (χ4v) is 1.57. The minimum atomic E-state index is -2.50. The van der Waals surface area contributed by atoms with E-state index in [2.05, 4.69) is 0 Å². The third kappa shape index (κ3) is 3.45. The molecule has 0 aliphatic carbocycles. The zero-order valence-corrected chi connectivity index (χ0v) is 10.4. The van der Waals surface area contributed by atoms with Gasteiger partial charge < -0.3 is 0 Å². The molecule has 0 aliphatic heterocycles. The highest BCUT2D eigenvalue weighted by Crippen LogP contribution is 2.17. The summed E-state index contributed by atoms with van der Waals surface area (Å²) in [6.45, 7) is 3.27. The van der Waals surface area contributed by atoms with E-state index in [0.29, 0.717) is 12.0 Å². The molecule has 0 radical (unpaired) electrons. The summed E-state index contributed by atoms with van der Waals surface area (Å²) in [7, 11) is -2.50. The van der Waals surface area contributed by atoms with E-state index >= 15 is 0 Å². The van der Waals surface area contributed by atoms with Crippen molar-refractivity contribution in [3.05, 3.63) is 35.9 Å². The number of thiol groups is 1. The van der Waals surface area contributed by atoms with Gasteiger partial charge in [0.15, 0.2) is 5.78 Å². The van der Waals surface area contributed by atoms with Crippen molar-refractivity contribution < 1.29 is 13.2 Å². The molecule has 0 fully saturated rings. The maximum Gasteiger partial charge on any atom is 0.162 e. The van der Waals surface area contributed by atoms with Crippen LogP contribution in [0.3, 0.4) is 0 Å². The Kier molecular flexibility index (Phi) is 4.24. The summed E-state index contributed by atoms with van der Waals surface area (Å²) in [4.78, 5) is 11.7. The molecule has 0 aromatic heterocycles. The Labute approximate surface area is 97.4 Å². The van der Waals surface area contributed by atoms with Crippen LogP contribution in [0.4, 0.5) is 0 Å². The van der Waals surface area contributed by atoms with Crippen molar-refractivity contribution in [3.63, 3.8) is 0 Å². The molecular formula is C12H16O3S. The number of hydrogen-bond acceptors (Lipinski definition) is 3. The van der Waals surface area contributed by atoms with Crippen LogP contribution in [0.15, 0.2) is 30.3 Å². The van der Waals surface area contributed by atoms with E-state index in [1.165, 1.54) is 0 Å². The SMILES string of the molecule is CC(C)(CCC(=O)c1ccccc1)[SH](=O)=O. The van der Waals surface area contributed by atoms with Gasteiger partial charge in [0, 0.05) is 12.0 Å². The van der Waals surface area contributed by atoms with Gasteiger partial charge in [-0.05, 0) is 20.3 Å². The Morgan fingerprint density at radius 2 is 1.75 bits per heavy atom. The lowest BCUT2D eigenvalue weighted by atomic mass is 10.0. The van der Waals surface area contributed by atoms with Crippen molar-refractivity contribution in [1.82, 2.24) is 0 Å². The summed E-state index contributed by atoms with van der Waals surface area (Å²) in [5.74, 6) is -0.00877. The molecule has 1 rings (SSSR count). The average molecular weight is 240 g/mol. The second kappa shape index (κ2) is 5.25. The first kappa shape index (κ1) is 12.9. The van der Waals surface area contributed by atoms with Crippen LogP contribution < -0.4 is 0 Å². The third-order valence-corrected chi connectivity index (χ3v) is 3.77. The lowest BCUT2D eigenvalue weighted by Crippen LogP contribution is -2.22. The van der Waals surface area contributed by atoms with Crippen molar-refractivity contribution >= 4 is 16.5 Å². The smallest absolute Gasteiger partial charge is 0.162 e. The highest BCUT2D eigenvalue weighted by atomic mass is 32.2. The van der Waals surface area contributed by atoms with Gasteiger partial charge in [0.2, 0.25) is 0 Å². The Balaban J connectivity index is 2.61. The van der Waals surface area contributed by atoms with Crippen LogP contribution in [0.5, 0.6) is 0 Å². The molecule has 0 amide bonds. The first-order chi connectivity index (χ1) is 7.43. The molecule has 0 bridgehead atoms. The molecular weight excluding hydrogens is 224 g/mol. The van der Waals surface area contributed by atoms with Crippen molar-refractivity contribution in [1.29, 1.82) is 0 Å². The standard InChI is InChI=1S/C12H16O3S/c1-12(2,16(14)15)9-8-11(13)10-6-4-3-5-7-10/h3-7,16H,8-9H2,1-2H3. The number of ketones is 1. The molecule has 3 nitrogen and oxygen atoms in total. The van der Waals surface area contributed by atoms with Crippen LogP contribution >= 0.6 is 0 Å². The van der Waals surface area contributed by atoms with E-state index in [1.807, 2.05) is 6.07 Å². The van der Waals surface area contributed by atoms with Crippen molar-refractivity contribution in [2.45, 2.75) is 31.4 Å². The maximum absolute atomic E-state index is 11.7. The molecule has 16 heavy (non-hydrogen) atoms. The Hall–Kier alpha value is -1.16. The van der Waals surface area contributed by atoms with Gasteiger partial charge >= 0.3 is 0 Å². The van der Waals surface area contributed by atoms with Gasteiger partial charge in [0.25, 0.3) is 0 Å². The molecule has 4 heteroatoms. The van der Waals surface area contributed by atoms with Gasteiger partial charge in [-0.25, -0.2) is 8.42 Å². The number of hydrogen-bond donors (Lipinski definition) is 1. The average Bonchev–Trinajstić information content (AvgIpc) is 2.27.